The number of nitrogens with two attached hydrogens (primary N) is 1. The first-order valence-corrected chi connectivity index (χ1v) is 9.25. The molecule has 0 aliphatic heterocycles. The lowest BCUT2D eigenvalue weighted by molar-refractivity contribution is 0.0999. The van der Waals surface area contributed by atoms with Gasteiger partial charge in [0, 0.05) is 17.6 Å². The molecule has 3 N–H and O–H groups in total. The van der Waals surface area contributed by atoms with Crippen LogP contribution in [0.2, 0.25) is 5.02 Å². The summed E-state index contributed by atoms with van der Waals surface area (Å²) in [5, 5.41) is 19.2. The van der Waals surface area contributed by atoms with Crippen molar-refractivity contribution in [1.29, 1.82) is 5.26 Å². The maximum atomic E-state index is 12.8. The Bertz CT molecular complexity index is 1420. The van der Waals surface area contributed by atoms with Gasteiger partial charge in [-0.3, -0.25) is 9.59 Å². The highest BCUT2D eigenvalue weighted by Crippen LogP contribution is 2.30. The van der Waals surface area contributed by atoms with Gasteiger partial charge in [0.15, 0.2) is 0 Å². The fourth-order valence-corrected chi connectivity index (χ4v) is 3.57. The SMILES string of the molecule is N#Cc1ccc(-c2ccc3c(=O)c(C(N)=O)cn(-c4ccc(O)cc4Cl)c3c2)cc1. The number of phenols is 1. The molecule has 0 aliphatic rings. The predicted octanol–water partition coefficient (Wildman–Crippen LogP) is 3.99. The summed E-state index contributed by atoms with van der Waals surface area (Å²) in [6, 6.07) is 18.7. The third-order valence-electron chi connectivity index (χ3n) is 4.81. The molecule has 0 radical (unpaired) electrons. The summed E-state index contributed by atoms with van der Waals surface area (Å²) in [4.78, 5) is 24.6. The third-order valence-corrected chi connectivity index (χ3v) is 5.11. The van der Waals surface area contributed by atoms with E-state index in [2.05, 4.69) is 6.07 Å². The van der Waals surface area contributed by atoms with E-state index in [1.165, 1.54) is 18.3 Å². The van der Waals surface area contributed by atoms with Gasteiger partial charge in [0.25, 0.3) is 5.91 Å². The van der Waals surface area contributed by atoms with Crippen molar-refractivity contribution in [3.05, 3.63) is 93.2 Å². The largest absolute Gasteiger partial charge is 0.508 e. The number of fused-ring (bicyclic) bond motifs is 1. The molecule has 0 spiro atoms. The van der Waals surface area contributed by atoms with Gasteiger partial charge in [-0.25, -0.2) is 0 Å². The van der Waals surface area contributed by atoms with Crippen molar-refractivity contribution in [2.45, 2.75) is 0 Å². The van der Waals surface area contributed by atoms with Crippen LogP contribution in [0.15, 0.2) is 71.7 Å². The molecule has 1 aromatic heterocycles. The van der Waals surface area contributed by atoms with Crippen molar-refractivity contribution in [1.82, 2.24) is 4.57 Å². The number of nitriles is 1. The van der Waals surface area contributed by atoms with Crippen LogP contribution in [-0.2, 0) is 0 Å². The number of hydrogen-bond acceptors (Lipinski definition) is 4. The van der Waals surface area contributed by atoms with E-state index in [1.807, 2.05) is 12.1 Å². The Morgan fingerprint density at radius 2 is 1.73 bits per heavy atom. The number of rotatable bonds is 3. The van der Waals surface area contributed by atoms with Gasteiger partial charge in [0.2, 0.25) is 5.43 Å². The molecule has 4 aromatic rings. The van der Waals surface area contributed by atoms with E-state index in [0.29, 0.717) is 22.2 Å². The van der Waals surface area contributed by atoms with Crippen LogP contribution in [0.25, 0.3) is 27.7 Å². The lowest BCUT2D eigenvalue weighted by atomic mass is 10.0. The minimum Gasteiger partial charge on any atom is -0.508 e. The van der Waals surface area contributed by atoms with Crippen molar-refractivity contribution in [2.24, 2.45) is 5.73 Å². The number of hydrogen-bond donors (Lipinski definition) is 2. The fraction of sp³-hybridized carbons (Fsp3) is 0. The molecule has 0 unspecified atom stereocenters. The Morgan fingerprint density at radius 3 is 2.37 bits per heavy atom. The van der Waals surface area contributed by atoms with Gasteiger partial charge in [-0.2, -0.15) is 5.26 Å². The smallest absolute Gasteiger partial charge is 0.254 e. The highest BCUT2D eigenvalue weighted by atomic mass is 35.5. The predicted molar refractivity (Wildman–Crippen MR) is 115 cm³/mol. The Balaban J connectivity index is 2.04. The Hall–Kier alpha value is -4.08. The second-order valence-electron chi connectivity index (χ2n) is 6.66. The number of primary amides is 1. The molecule has 0 atom stereocenters. The summed E-state index contributed by atoms with van der Waals surface area (Å²) < 4.78 is 1.60. The monoisotopic (exact) mass is 415 g/mol. The third kappa shape index (κ3) is 3.28. The average molecular weight is 416 g/mol. The molecule has 7 heteroatoms. The average Bonchev–Trinajstić information content (AvgIpc) is 2.74. The van der Waals surface area contributed by atoms with Crippen molar-refractivity contribution < 1.29 is 9.90 Å². The number of carbonyl (C=O) groups excluding carboxylic acids is 1. The highest BCUT2D eigenvalue weighted by molar-refractivity contribution is 6.32. The summed E-state index contributed by atoms with van der Waals surface area (Å²) in [6.07, 6.45) is 1.35. The maximum Gasteiger partial charge on any atom is 0.254 e. The minimum atomic E-state index is -0.846. The molecule has 0 saturated heterocycles. The molecular weight excluding hydrogens is 402 g/mol. The molecule has 3 aromatic carbocycles. The zero-order valence-corrected chi connectivity index (χ0v) is 16.2. The number of aromatic nitrogens is 1. The van der Waals surface area contributed by atoms with Gasteiger partial charge in [-0.15, -0.1) is 0 Å². The van der Waals surface area contributed by atoms with Crippen LogP contribution in [0.1, 0.15) is 15.9 Å². The summed E-state index contributed by atoms with van der Waals surface area (Å²) >= 11 is 6.32. The normalized spacial score (nSPS) is 10.7. The van der Waals surface area contributed by atoms with Crippen LogP contribution in [0.4, 0.5) is 0 Å². The fourth-order valence-electron chi connectivity index (χ4n) is 3.31. The lowest BCUT2D eigenvalue weighted by Crippen LogP contribution is -2.24. The van der Waals surface area contributed by atoms with Crippen LogP contribution in [0, 0.1) is 11.3 Å². The lowest BCUT2D eigenvalue weighted by Gasteiger charge is -2.15. The quantitative estimate of drug-likeness (QED) is 0.527. The second-order valence-corrected chi connectivity index (χ2v) is 7.07. The molecule has 0 fully saturated rings. The molecule has 0 aliphatic carbocycles. The number of amides is 1. The van der Waals surface area contributed by atoms with E-state index < -0.39 is 11.3 Å². The standard InChI is InChI=1S/C23H14ClN3O3/c24-19-10-16(28)6-8-20(19)27-12-18(23(26)30)22(29)17-7-5-15(9-21(17)27)14-3-1-13(11-25)2-4-14/h1-10,12,28H,(H2,26,30). The molecule has 6 nitrogen and oxygen atoms in total. The Morgan fingerprint density at radius 1 is 1.03 bits per heavy atom. The summed E-state index contributed by atoms with van der Waals surface area (Å²) in [6.45, 7) is 0. The van der Waals surface area contributed by atoms with E-state index in [1.54, 1.807) is 41.0 Å². The molecule has 0 saturated carbocycles. The van der Waals surface area contributed by atoms with Crippen molar-refractivity contribution in [3.8, 4) is 28.6 Å². The minimum absolute atomic E-state index is 0.0116. The maximum absolute atomic E-state index is 12.8. The van der Waals surface area contributed by atoms with Crippen LogP contribution in [-0.4, -0.2) is 15.6 Å². The molecule has 4 rings (SSSR count). The number of phenolic OH excluding ortho intramolecular Hbond substituents is 1. The molecule has 1 amide bonds. The topological polar surface area (TPSA) is 109 Å². The number of halogens is 1. The Kier molecular flexibility index (Phi) is 4.74. The number of benzene rings is 3. The van der Waals surface area contributed by atoms with E-state index >= 15 is 0 Å². The first kappa shape index (κ1) is 19.2. The zero-order valence-electron chi connectivity index (χ0n) is 15.5. The molecule has 146 valence electrons. The number of nitrogens with zero attached hydrogens (tertiary/aromatic N) is 2. The van der Waals surface area contributed by atoms with Gasteiger partial charge in [0.05, 0.1) is 27.9 Å². The van der Waals surface area contributed by atoms with E-state index in [0.717, 1.165) is 11.1 Å². The highest BCUT2D eigenvalue weighted by Gasteiger charge is 2.16. The zero-order chi connectivity index (χ0) is 21.4. The van der Waals surface area contributed by atoms with Crippen LogP contribution in [0.5, 0.6) is 5.75 Å². The van der Waals surface area contributed by atoms with E-state index in [9.17, 15) is 14.7 Å². The van der Waals surface area contributed by atoms with Gasteiger partial charge >= 0.3 is 0 Å². The van der Waals surface area contributed by atoms with Gasteiger partial charge in [-0.05, 0) is 47.5 Å². The van der Waals surface area contributed by atoms with E-state index in [-0.39, 0.29) is 16.3 Å². The number of pyridine rings is 1. The van der Waals surface area contributed by atoms with Gasteiger partial charge < -0.3 is 15.4 Å². The Labute approximate surface area is 176 Å². The summed E-state index contributed by atoms with van der Waals surface area (Å²) in [5.41, 5.74) is 7.95. The molecule has 30 heavy (non-hydrogen) atoms. The molecular formula is C23H14ClN3O3. The van der Waals surface area contributed by atoms with Gasteiger partial charge in [-0.1, -0.05) is 29.8 Å². The molecule has 1 heterocycles. The van der Waals surface area contributed by atoms with Crippen LogP contribution in [0.3, 0.4) is 0 Å². The van der Waals surface area contributed by atoms with Gasteiger partial charge in [0.1, 0.15) is 11.3 Å². The van der Waals surface area contributed by atoms with E-state index in [4.69, 9.17) is 22.6 Å². The number of carbonyl (C=O) groups is 1. The number of aromatic hydroxyl groups is 1. The molecule has 0 bridgehead atoms. The van der Waals surface area contributed by atoms with Crippen molar-refractivity contribution in [2.75, 3.05) is 0 Å². The summed E-state index contributed by atoms with van der Waals surface area (Å²) in [5.74, 6) is -0.857. The van der Waals surface area contributed by atoms with Crippen molar-refractivity contribution >= 4 is 28.4 Å². The first-order chi connectivity index (χ1) is 14.4. The first-order valence-electron chi connectivity index (χ1n) is 8.87. The van der Waals surface area contributed by atoms with Crippen LogP contribution >= 0.6 is 11.6 Å². The second kappa shape index (κ2) is 7.39. The van der Waals surface area contributed by atoms with Crippen LogP contribution < -0.4 is 11.2 Å². The summed E-state index contributed by atoms with van der Waals surface area (Å²) in [7, 11) is 0. The van der Waals surface area contributed by atoms with Crippen molar-refractivity contribution in [3.63, 3.8) is 0 Å².